The van der Waals surface area contributed by atoms with Gasteiger partial charge in [-0.25, -0.2) is 4.79 Å². The molecule has 1 aromatic rings. The van der Waals surface area contributed by atoms with Gasteiger partial charge >= 0.3 is 5.97 Å². The van der Waals surface area contributed by atoms with Crippen LogP contribution in [0.4, 0.5) is 0 Å². The number of carbonyl (C=O) groups is 2. The standard InChI is InChI=1S/C16H23NO3S/c1-5-20-16(19)13(4)17-15(18)8-9-21-14-7-6-11(2)12(3)10-14/h6-7,10,13H,5,8-9H2,1-4H3,(H,17,18). The van der Waals surface area contributed by atoms with Crippen LogP contribution in [0.2, 0.25) is 0 Å². The molecular formula is C16H23NO3S. The Morgan fingerprint density at radius 2 is 2.00 bits per heavy atom. The van der Waals surface area contributed by atoms with Crippen molar-refractivity contribution in [2.45, 2.75) is 45.1 Å². The zero-order chi connectivity index (χ0) is 15.8. The molecule has 1 rings (SSSR count). The van der Waals surface area contributed by atoms with Crippen molar-refractivity contribution in [3.8, 4) is 0 Å². The van der Waals surface area contributed by atoms with Crippen LogP contribution in [0.5, 0.6) is 0 Å². The van der Waals surface area contributed by atoms with Gasteiger partial charge in [0.05, 0.1) is 6.61 Å². The van der Waals surface area contributed by atoms with Gasteiger partial charge in [-0.1, -0.05) is 6.07 Å². The molecule has 1 aromatic carbocycles. The number of carbonyl (C=O) groups excluding carboxylic acids is 2. The molecule has 1 unspecified atom stereocenters. The Balaban J connectivity index is 2.33. The van der Waals surface area contributed by atoms with Crippen molar-refractivity contribution in [1.29, 1.82) is 0 Å². The molecular weight excluding hydrogens is 286 g/mol. The molecule has 0 bridgehead atoms. The highest BCUT2D eigenvalue weighted by atomic mass is 32.2. The molecule has 116 valence electrons. The summed E-state index contributed by atoms with van der Waals surface area (Å²) in [6, 6.07) is 5.68. The van der Waals surface area contributed by atoms with Gasteiger partial charge in [0.1, 0.15) is 6.04 Å². The van der Waals surface area contributed by atoms with E-state index in [4.69, 9.17) is 4.74 Å². The first-order valence-corrected chi connectivity index (χ1v) is 8.08. The zero-order valence-corrected chi connectivity index (χ0v) is 13.9. The fourth-order valence-electron chi connectivity index (χ4n) is 1.71. The topological polar surface area (TPSA) is 55.4 Å². The Morgan fingerprint density at radius 3 is 2.62 bits per heavy atom. The summed E-state index contributed by atoms with van der Waals surface area (Å²) in [6.45, 7) is 7.85. The summed E-state index contributed by atoms with van der Waals surface area (Å²) in [5, 5.41) is 2.64. The van der Waals surface area contributed by atoms with E-state index in [1.165, 1.54) is 11.1 Å². The molecule has 0 saturated carbocycles. The van der Waals surface area contributed by atoms with Crippen LogP contribution in [0.25, 0.3) is 0 Å². The van der Waals surface area contributed by atoms with Crippen LogP contribution in [-0.2, 0) is 14.3 Å². The van der Waals surface area contributed by atoms with E-state index in [2.05, 4.69) is 37.4 Å². The quantitative estimate of drug-likeness (QED) is 0.621. The van der Waals surface area contributed by atoms with Crippen molar-refractivity contribution >= 4 is 23.6 Å². The molecule has 4 nitrogen and oxygen atoms in total. The van der Waals surface area contributed by atoms with Gasteiger partial charge in [-0.15, -0.1) is 11.8 Å². The molecule has 0 aliphatic heterocycles. The third-order valence-corrected chi connectivity index (χ3v) is 4.09. The summed E-state index contributed by atoms with van der Waals surface area (Å²) >= 11 is 1.64. The average Bonchev–Trinajstić information content (AvgIpc) is 2.43. The number of esters is 1. The molecule has 0 aliphatic carbocycles. The SMILES string of the molecule is CCOC(=O)C(C)NC(=O)CCSc1ccc(C)c(C)c1. The van der Waals surface area contributed by atoms with Gasteiger partial charge in [-0.05, 0) is 51.0 Å². The van der Waals surface area contributed by atoms with E-state index in [1.54, 1.807) is 25.6 Å². The van der Waals surface area contributed by atoms with Crippen LogP contribution in [0.3, 0.4) is 0 Å². The van der Waals surface area contributed by atoms with Crippen LogP contribution < -0.4 is 5.32 Å². The van der Waals surface area contributed by atoms with E-state index >= 15 is 0 Å². The fourth-order valence-corrected chi connectivity index (χ4v) is 2.65. The van der Waals surface area contributed by atoms with Crippen LogP contribution >= 0.6 is 11.8 Å². The summed E-state index contributed by atoms with van der Waals surface area (Å²) in [6.07, 6.45) is 0.376. The van der Waals surface area contributed by atoms with Crippen molar-refractivity contribution in [2.75, 3.05) is 12.4 Å². The third kappa shape index (κ3) is 6.21. The van der Waals surface area contributed by atoms with Gasteiger partial charge < -0.3 is 10.1 Å². The fraction of sp³-hybridized carbons (Fsp3) is 0.500. The number of thioether (sulfide) groups is 1. The molecule has 1 N–H and O–H groups in total. The second-order valence-electron chi connectivity index (χ2n) is 4.89. The number of hydrogen-bond donors (Lipinski definition) is 1. The average molecular weight is 309 g/mol. The number of rotatable bonds is 7. The van der Waals surface area contributed by atoms with Crippen molar-refractivity contribution < 1.29 is 14.3 Å². The smallest absolute Gasteiger partial charge is 0.328 e. The lowest BCUT2D eigenvalue weighted by Gasteiger charge is -2.12. The highest BCUT2D eigenvalue weighted by Crippen LogP contribution is 2.21. The number of ether oxygens (including phenoxy) is 1. The minimum absolute atomic E-state index is 0.133. The molecule has 0 aliphatic rings. The number of benzene rings is 1. The maximum absolute atomic E-state index is 11.7. The van der Waals surface area contributed by atoms with Gasteiger partial charge in [0.25, 0.3) is 0 Å². The first-order valence-electron chi connectivity index (χ1n) is 7.10. The Labute approximate surface area is 130 Å². The minimum Gasteiger partial charge on any atom is -0.464 e. The number of nitrogens with one attached hydrogen (secondary N) is 1. The summed E-state index contributed by atoms with van der Waals surface area (Å²) in [7, 11) is 0. The first kappa shape index (κ1) is 17.6. The lowest BCUT2D eigenvalue weighted by Crippen LogP contribution is -2.39. The van der Waals surface area contributed by atoms with Gasteiger partial charge in [0.2, 0.25) is 5.91 Å². The number of aryl methyl sites for hydroxylation is 2. The molecule has 0 heterocycles. The molecule has 1 amide bonds. The van der Waals surface area contributed by atoms with Gasteiger partial charge in [-0.2, -0.15) is 0 Å². The van der Waals surface area contributed by atoms with Gasteiger partial charge in [-0.3, -0.25) is 4.79 Å². The molecule has 0 saturated heterocycles. The van der Waals surface area contributed by atoms with Crippen LogP contribution in [0.1, 0.15) is 31.4 Å². The molecule has 0 radical (unpaired) electrons. The molecule has 0 aromatic heterocycles. The Morgan fingerprint density at radius 1 is 1.29 bits per heavy atom. The maximum atomic E-state index is 11.7. The van der Waals surface area contributed by atoms with Crippen LogP contribution in [0.15, 0.2) is 23.1 Å². The Bertz CT molecular complexity index is 502. The molecule has 0 fully saturated rings. The predicted molar refractivity (Wildman–Crippen MR) is 85.5 cm³/mol. The van der Waals surface area contributed by atoms with E-state index in [-0.39, 0.29) is 5.91 Å². The Hall–Kier alpha value is -1.49. The lowest BCUT2D eigenvalue weighted by molar-refractivity contribution is -0.146. The second-order valence-corrected chi connectivity index (χ2v) is 6.05. The number of hydrogen-bond acceptors (Lipinski definition) is 4. The zero-order valence-electron chi connectivity index (χ0n) is 13.1. The van der Waals surface area contributed by atoms with E-state index in [1.807, 2.05) is 0 Å². The van der Waals surface area contributed by atoms with Gasteiger partial charge in [0.15, 0.2) is 0 Å². The normalized spacial score (nSPS) is 11.8. The summed E-state index contributed by atoms with van der Waals surface area (Å²) in [5.41, 5.74) is 2.51. The van der Waals surface area contributed by atoms with E-state index in [9.17, 15) is 9.59 Å². The lowest BCUT2D eigenvalue weighted by atomic mass is 10.1. The van der Waals surface area contributed by atoms with E-state index in [0.717, 1.165) is 4.90 Å². The molecule has 0 spiro atoms. The van der Waals surface area contributed by atoms with Crippen LogP contribution in [0, 0.1) is 13.8 Å². The summed E-state index contributed by atoms with van der Waals surface area (Å²) in [5.74, 6) is 0.156. The van der Waals surface area contributed by atoms with Crippen molar-refractivity contribution in [1.82, 2.24) is 5.32 Å². The van der Waals surface area contributed by atoms with E-state index in [0.29, 0.717) is 18.8 Å². The summed E-state index contributed by atoms with van der Waals surface area (Å²) in [4.78, 5) is 24.3. The summed E-state index contributed by atoms with van der Waals surface area (Å²) < 4.78 is 4.84. The van der Waals surface area contributed by atoms with Crippen molar-refractivity contribution in [3.63, 3.8) is 0 Å². The van der Waals surface area contributed by atoms with Gasteiger partial charge in [0, 0.05) is 17.1 Å². The predicted octanol–water partition coefficient (Wildman–Crippen LogP) is 2.85. The van der Waals surface area contributed by atoms with E-state index < -0.39 is 12.0 Å². The van der Waals surface area contributed by atoms with Crippen LogP contribution in [-0.4, -0.2) is 30.3 Å². The monoisotopic (exact) mass is 309 g/mol. The van der Waals surface area contributed by atoms with Crippen molar-refractivity contribution in [2.24, 2.45) is 0 Å². The molecule has 1 atom stereocenters. The molecule has 5 heteroatoms. The van der Waals surface area contributed by atoms with Crippen molar-refractivity contribution in [3.05, 3.63) is 29.3 Å². The largest absolute Gasteiger partial charge is 0.464 e. The Kier molecular flexibility index (Phi) is 7.29. The second kappa shape index (κ2) is 8.72. The highest BCUT2D eigenvalue weighted by Gasteiger charge is 2.16. The maximum Gasteiger partial charge on any atom is 0.328 e. The molecule has 21 heavy (non-hydrogen) atoms. The third-order valence-electron chi connectivity index (χ3n) is 3.09. The number of amides is 1. The highest BCUT2D eigenvalue weighted by molar-refractivity contribution is 7.99. The first-order chi connectivity index (χ1) is 9.93. The minimum atomic E-state index is -0.593.